The lowest BCUT2D eigenvalue weighted by Crippen LogP contribution is -2.45. The monoisotopic (exact) mass is 313 g/mol. The maximum atomic E-state index is 5.54. The number of hydrogen-bond donors (Lipinski definition) is 0. The van der Waals surface area contributed by atoms with E-state index in [1.807, 2.05) is 6.07 Å². The van der Waals surface area contributed by atoms with Crippen molar-refractivity contribution in [1.29, 1.82) is 0 Å². The molecular weight excluding hydrogens is 294 g/mol. The predicted octanol–water partition coefficient (Wildman–Crippen LogP) is 2.81. The molecule has 0 saturated carbocycles. The number of aromatic nitrogens is 2. The molecule has 2 rings (SSSR count). The molecule has 1 fully saturated rings. The van der Waals surface area contributed by atoms with Gasteiger partial charge in [0.05, 0.1) is 19.3 Å². The highest BCUT2D eigenvalue weighted by atomic mass is 79.9. The van der Waals surface area contributed by atoms with Crippen molar-refractivity contribution >= 4 is 21.7 Å². The Morgan fingerprint density at radius 2 is 2.28 bits per heavy atom. The average Bonchev–Trinajstić information content (AvgIpc) is 2.38. The molecule has 18 heavy (non-hydrogen) atoms. The van der Waals surface area contributed by atoms with Crippen LogP contribution in [-0.2, 0) is 11.2 Å². The van der Waals surface area contributed by atoms with Gasteiger partial charge in [0.25, 0.3) is 0 Å². The molecule has 1 aliphatic rings. The molecule has 0 radical (unpaired) electrons. The zero-order valence-electron chi connectivity index (χ0n) is 11.0. The molecule has 0 aliphatic carbocycles. The van der Waals surface area contributed by atoms with Crippen LogP contribution < -0.4 is 4.90 Å². The lowest BCUT2D eigenvalue weighted by Gasteiger charge is -2.36. The fourth-order valence-electron chi connectivity index (χ4n) is 2.23. The number of rotatable bonds is 4. The fraction of sp³-hybridized carbons (Fsp3) is 0.692. The minimum atomic E-state index is 0.426. The van der Waals surface area contributed by atoms with Crippen molar-refractivity contribution in [3.8, 4) is 0 Å². The van der Waals surface area contributed by atoms with Crippen LogP contribution in [0, 0.1) is 0 Å². The van der Waals surface area contributed by atoms with Crippen LogP contribution in [0.1, 0.15) is 32.5 Å². The van der Waals surface area contributed by atoms with Gasteiger partial charge in [0.2, 0.25) is 0 Å². The van der Waals surface area contributed by atoms with Crippen molar-refractivity contribution in [2.24, 2.45) is 0 Å². The number of ether oxygens (including phenoxy) is 1. The van der Waals surface area contributed by atoms with Gasteiger partial charge in [-0.2, -0.15) is 0 Å². The molecule has 1 unspecified atom stereocenters. The summed E-state index contributed by atoms with van der Waals surface area (Å²) in [6.45, 7) is 6.82. The van der Waals surface area contributed by atoms with E-state index in [9.17, 15) is 0 Å². The highest BCUT2D eigenvalue weighted by molar-refractivity contribution is 9.10. The predicted molar refractivity (Wildman–Crippen MR) is 76.0 cm³/mol. The van der Waals surface area contributed by atoms with Crippen LogP contribution in [-0.4, -0.2) is 35.8 Å². The summed E-state index contributed by atoms with van der Waals surface area (Å²) in [6.07, 6.45) is 3.06. The molecule has 1 aromatic heterocycles. The summed E-state index contributed by atoms with van der Waals surface area (Å²) in [7, 11) is 0. The van der Waals surface area contributed by atoms with Gasteiger partial charge in [-0.15, -0.1) is 0 Å². The average molecular weight is 314 g/mol. The summed E-state index contributed by atoms with van der Waals surface area (Å²) >= 11 is 3.48. The molecule has 100 valence electrons. The number of nitrogens with zero attached hydrogens (tertiary/aromatic N) is 3. The molecule has 0 aromatic carbocycles. The van der Waals surface area contributed by atoms with Gasteiger partial charge in [-0.3, -0.25) is 0 Å². The van der Waals surface area contributed by atoms with E-state index in [1.165, 1.54) is 0 Å². The molecule has 1 aromatic rings. The van der Waals surface area contributed by atoms with Gasteiger partial charge in [-0.1, -0.05) is 13.8 Å². The number of hydrogen-bond acceptors (Lipinski definition) is 4. The first-order valence-corrected chi connectivity index (χ1v) is 7.41. The van der Waals surface area contributed by atoms with Gasteiger partial charge < -0.3 is 9.64 Å². The second kappa shape index (κ2) is 6.48. The van der Waals surface area contributed by atoms with E-state index in [0.29, 0.717) is 6.04 Å². The number of anilines is 1. The van der Waals surface area contributed by atoms with E-state index in [2.05, 4.69) is 44.6 Å². The van der Waals surface area contributed by atoms with E-state index >= 15 is 0 Å². The van der Waals surface area contributed by atoms with Crippen LogP contribution in [0.4, 0.5) is 5.82 Å². The van der Waals surface area contributed by atoms with E-state index in [1.54, 1.807) is 0 Å². The Morgan fingerprint density at radius 1 is 1.44 bits per heavy atom. The molecule has 0 spiro atoms. The summed E-state index contributed by atoms with van der Waals surface area (Å²) in [5.41, 5.74) is 0. The highest BCUT2D eigenvalue weighted by Gasteiger charge is 2.23. The fourth-order valence-corrected chi connectivity index (χ4v) is 2.64. The van der Waals surface area contributed by atoms with E-state index < -0.39 is 0 Å². The SMILES string of the molecule is CCCc1nc(Br)cc(N2CCOCC2CC)n1. The number of aryl methyl sites for hydroxylation is 1. The minimum absolute atomic E-state index is 0.426. The quantitative estimate of drug-likeness (QED) is 0.801. The summed E-state index contributed by atoms with van der Waals surface area (Å²) in [5, 5.41) is 0. The third kappa shape index (κ3) is 3.20. The van der Waals surface area contributed by atoms with Gasteiger partial charge >= 0.3 is 0 Å². The van der Waals surface area contributed by atoms with E-state index in [0.717, 1.165) is 55.3 Å². The van der Waals surface area contributed by atoms with Crippen LogP contribution in [0.5, 0.6) is 0 Å². The van der Waals surface area contributed by atoms with Crippen LogP contribution in [0.3, 0.4) is 0 Å². The second-order valence-corrected chi connectivity index (χ2v) is 5.36. The molecule has 5 heteroatoms. The van der Waals surface area contributed by atoms with Crippen molar-refractivity contribution in [3.63, 3.8) is 0 Å². The van der Waals surface area contributed by atoms with Gasteiger partial charge in [0.15, 0.2) is 0 Å². The lowest BCUT2D eigenvalue weighted by atomic mass is 10.2. The number of morpholine rings is 1. The Labute approximate surface area is 117 Å². The largest absolute Gasteiger partial charge is 0.377 e. The zero-order chi connectivity index (χ0) is 13.0. The van der Waals surface area contributed by atoms with Gasteiger partial charge in [0, 0.05) is 19.0 Å². The van der Waals surface area contributed by atoms with Crippen LogP contribution in [0.15, 0.2) is 10.7 Å². The Hall–Kier alpha value is -0.680. The molecule has 0 amide bonds. The molecule has 4 nitrogen and oxygen atoms in total. The van der Waals surface area contributed by atoms with Crippen molar-refractivity contribution < 1.29 is 4.74 Å². The topological polar surface area (TPSA) is 38.2 Å². The Kier molecular flexibility index (Phi) is 4.95. The third-order valence-electron chi connectivity index (χ3n) is 3.19. The Balaban J connectivity index is 2.24. The Bertz CT molecular complexity index is 400. The van der Waals surface area contributed by atoms with Crippen molar-refractivity contribution in [2.75, 3.05) is 24.7 Å². The molecule has 1 atom stereocenters. The van der Waals surface area contributed by atoms with Crippen molar-refractivity contribution in [1.82, 2.24) is 9.97 Å². The maximum absolute atomic E-state index is 5.54. The first kappa shape index (κ1) is 13.7. The third-order valence-corrected chi connectivity index (χ3v) is 3.60. The molecule has 0 bridgehead atoms. The van der Waals surface area contributed by atoms with E-state index in [4.69, 9.17) is 4.74 Å². The first-order valence-electron chi connectivity index (χ1n) is 6.62. The zero-order valence-corrected chi connectivity index (χ0v) is 12.6. The van der Waals surface area contributed by atoms with Gasteiger partial charge in [-0.05, 0) is 28.8 Å². The highest BCUT2D eigenvalue weighted by Crippen LogP contribution is 2.22. The maximum Gasteiger partial charge on any atom is 0.133 e. The van der Waals surface area contributed by atoms with Crippen LogP contribution in [0.25, 0.3) is 0 Å². The summed E-state index contributed by atoms with van der Waals surface area (Å²) < 4.78 is 6.41. The summed E-state index contributed by atoms with van der Waals surface area (Å²) in [5.74, 6) is 1.94. The molecule has 1 saturated heterocycles. The standard InChI is InChI=1S/C13H20BrN3O/c1-3-5-12-15-11(14)8-13(16-12)17-6-7-18-9-10(17)4-2/h8,10H,3-7,9H2,1-2H3. The summed E-state index contributed by atoms with van der Waals surface area (Å²) in [4.78, 5) is 11.4. The normalized spacial score (nSPS) is 20.2. The van der Waals surface area contributed by atoms with E-state index in [-0.39, 0.29) is 0 Å². The first-order chi connectivity index (χ1) is 8.74. The van der Waals surface area contributed by atoms with Gasteiger partial charge in [-0.25, -0.2) is 9.97 Å². The lowest BCUT2D eigenvalue weighted by molar-refractivity contribution is 0.0925. The van der Waals surface area contributed by atoms with Gasteiger partial charge in [0.1, 0.15) is 16.2 Å². The number of halogens is 1. The van der Waals surface area contributed by atoms with Crippen molar-refractivity contribution in [2.45, 2.75) is 39.2 Å². The van der Waals surface area contributed by atoms with Crippen LogP contribution in [0.2, 0.25) is 0 Å². The van der Waals surface area contributed by atoms with Crippen LogP contribution >= 0.6 is 15.9 Å². The molecule has 0 N–H and O–H groups in total. The molecular formula is C13H20BrN3O. The second-order valence-electron chi connectivity index (χ2n) is 4.55. The van der Waals surface area contributed by atoms with Crippen molar-refractivity contribution in [3.05, 3.63) is 16.5 Å². The summed E-state index contributed by atoms with van der Waals surface area (Å²) in [6, 6.07) is 2.43. The minimum Gasteiger partial charge on any atom is -0.377 e. The molecule has 2 heterocycles. The molecule has 1 aliphatic heterocycles. The Morgan fingerprint density at radius 3 is 3.00 bits per heavy atom. The smallest absolute Gasteiger partial charge is 0.133 e.